The Hall–Kier alpha value is -1.26. The number of benzene rings is 1. The molecular formula is C12H16F4O. The zero-order valence-electron chi connectivity index (χ0n) is 10.1. The van der Waals surface area contributed by atoms with Crippen LogP contribution in [0.25, 0.3) is 0 Å². The summed E-state index contributed by atoms with van der Waals surface area (Å²) >= 11 is 0. The maximum absolute atomic E-state index is 12.9. The van der Waals surface area contributed by atoms with Crippen molar-refractivity contribution in [3.63, 3.8) is 0 Å². The third-order valence-electron chi connectivity index (χ3n) is 1.48. The van der Waals surface area contributed by atoms with Crippen molar-refractivity contribution in [2.75, 3.05) is 6.61 Å². The fourth-order valence-corrected chi connectivity index (χ4v) is 0.881. The summed E-state index contributed by atoms with van der Waals surface area (Å²) in [6.45, 7) is 4.41. The monoisotopic (exact) mass is 252 g/mol. The number of hydrogen-bond acceptors (Lipinski definition) is 1. The molecule has 0 spiro atoms. The van der Waals surface area contributed by atoms with Gasteiger partial charge in [0, 0.05) is 0 Å². The van der Waals surface area contributed by atoms with Gasteiger partial charge in [-0.05, 0) is 24.6 Å². The second-order valence-electron chi connectivity index (χ2n) is 3.54. The predicted molar refractivity (Wildman–Crippen MR) is 58.7 cm³/mol. The molecule has 98 valence electrons. The molecule has 0 saturated carbocycles. The van der Waals surface area contributed by atoms with Gasteiger partial charge in [-0.1, -0.05) is 26.3 Å². The molecule has 0 radical (unpaired) electrons. The number of aryl methyl sites for hydroxylation is 1. The summed E-state index contributed by atoms with van der Waals surface area (Å²) < 4.78 is 52.3. The van der Waals surface area contributed by atoms with E-state index in [2.05, 4.69) is 18.6 Å². The number of alkyl halides is 3. The lowest BCUT2D eigenvalue weighted by atomic mass is 10.2. The van der Waals surface area contributed by atoms with Crippen LogP contribution >= 0.6 is 0 Å². The highest BCUT2D eigenvalue weighted by atomic mass is 19.4. The van der Waals surface area contributed by atoms with Crippen molar-refractivity contribution in [1.82, 2.24) is 0 Å². The van der Waals surface area contributed by atoms with E-state index >= 15 is 0 Å². The van der Waals surface area contributed by atoms with E-state index in [9.17, 15) is 17.6 Å². The Balaban J connectivity index is 0.000000770. The molecule has 0 aliphatic rings. The Morgan fingerprint density at radius 3 is 2.18 bits per heavy atom. The van der Waals surface area contributed by atoms with Gasteiger partial charge < -0.3 is 4.74 Å². The standard InChI is InChI=1S/C9H8F4O.C3H8/c1-6-2-3-7(10)8(4-6)14-5-9(11,12)13;1-3-2/h2-4H,5H2,1H3;3H2,1-2H3. The Morgan fingerprint density at radius 2 is 1.71 bits per heavy atom. The lowest BCUT2D eigenvalue weighted by Gasteiger charge is -2.09. The SMILES string of the molecule is CCC.Cc1ccc(F)c(OCC(F)(F)F)c1. The minimum absolute atomic E-state index is 0.373. The number of ether oxygens (including phenoxy) is 1. The Bertz CT molecular complexity index is 334. The molecule has 0 aromatic heterocycles. The van der Waals surface area contributed by atoms with E-state index in [1.807, 2.05) is 0 Å². The molecule has 0 aliphatic carbocycles. The molecule has 0 N–H and O–H groups in total. The third-order valence-corrected chi connectivity index (χ3v) is 1.48. The van der Waals surface area contributed by atoms with Gasteiger partial charge in [0.25, 0.3) is 0 Å². The van der Waals surface area contributed by atoms with E-state index < -0.39 is 18.6 Å². The van der Waals surface area contributed by atoms with Gasteiger partial charge in [0.05, 0.1) is 0 Å². The highest BCUT2D eigenvalue weighted by Crippen LogP contribution is 2.22. The van der Waals surface area contributed by atoms with Crippen LogP contribution in [0.2, 0.25) is 0 Å². The smallest absolute Gasteiger partial charge is 0.422 e. The lowest BCUT2D eigenvalue weighted by Crippen LogP contribution is -2.19. The van der Waals surface area contributed by atoms with E-state index in [1.54, 1.807) is 6.92 Å². The summed E-state index contributed by atoms with van der Waals surface area (Å²) in [5.41, 5.74) is 0.642. The quantitative estimate of drug-likeness (QED) is 0.704. The topological polar surface area (TPSA) is 9.23 Å². The largest absolute Gasteiger partial charge is 0.481 e. The van der Waals surface area contributed by atoms with Crippen LogP contribution in [0.3, 0.4) is 0 Å². The van der Waals surface area contributed by atoms with Crippen molar-refractivity contribution in [3.05, 3.63) is 29.6 Å². The van der Waals surface area contributed by atoms with Gasteiger partial charge in [-0.15, -0.1) is 0 Å². The van der Waals surface area contributed by atoms with Crippen LogP contribution in [-0.4, -0.2) is 12.8 Å². The molecule has 1 aromatic rings. The molecule has 0 amide bonds. The van der Waals surface area contributed by atoms with Crippen LogP contribution < -0.4 is 4.74 Å². The summed E-state index contributed by atoms with van der Waals surface area (Å²) in [4.78, 5) is 0. The van der Waals surface area contributed by atoms with Crippen LogP contribution in [0.4, 0.5) is 17.6 Å². The van der Waals surface area contributed by atoms with E-state index in [4.69, 9.17) is 0 Å². The Morgan fingerprint density at radius 1 is 1.18 bits per heavy atom. The summed E-state index contributed by atoms with van der Waals surface area (Å²) in [6.07, 6.45) is -3.20. The molecule has 0 fully saturated rings. The molecule has 1 nitrogen and oxygen atoms in total. The molecule has 1 rings (SSSR count). The first kappa shape index (κ1) is 15.7. The van der Waals surface area contributed by atoms with Crippen LogP contribution in [0.1, 0.15) is 25.8 Å². The van der Waals surface area contributed by atoms with Gasteiger partial charge in [0.15, 0.2) is 18.2 Å². The predicted octanol–water partition coefficient (Wildman–Crippen LogP) is 4.49. The molecule has 0 bridgehead atoms. The van der Waals surface area contributed by atoms with Gasteiger partial charge in [-0.3, -0.25) is 0 Å². The first-order valence-corrected chi connectivity index (χ1v) is 5.25. The van der Waals surface area contributed by atoms with Crippen LogP contribution in [-0.2, 0) is 0 Å². The first-order valence-electron chi connectivity index (χ1n) is 5.25. The maximum atomic E-state index is 12.9. The Labute approximate surface area is 98.4 Å². The number of hydrogen-bond donors (Lipinski definition) is 0. The van der Waals surface area contributed by atoms with Crippen molar-refractivity contribution < 1.29 is 22.3 Å². The van der Waals surface area contributed by atoms with Crippen molar-refractivity contribution in [1.29, 1.82) is 0 Å². The van der Waals surface area contributed by atoms with Crippen LogP contribution in [0.15, 0.2) is 18.2 Å². The van der Waals surface area contributed by atoms with Crippen molar-refractivity contribution >= 4 is 0 Å². The van der Waals surface area contributed by atoms with Crippen molar-refractivity contribution in [2.24, 2.45) is 0 Å². The van der Waals surface area contributed by atoms with E-state index in [1.165, 1.54) is 18.6 Å². The zero-order valence-corrected chi connectivity index (χ0v) is 10.1. The van der Waals surface area contributed by atoms with Gasteiger partial charge >= 0.3 is 6.18 Å². The van der Waals surface area contributed by atoms with Gasteiger partial charge in [0.2, 0.25) is 0 Å². The normalized spacial score (nSPS) is 10.5. The fourth-order valence-electron chi connectivity index (χ4n) is 0.881. The molecule has 5 heteroatoms. The van der Waals surface area contributed by atoms with Crippen LogP contribution in [0, 0.1) is 12.7 Å². The molecule has 0 aliphatic heterocycles. The van der Waals surface area contributed by atoms with Crippen molar-refractivity contribution in [3.8, 4) is 5.75 Å². The molecule has 0 atom stereocenters. The summed E-state index contributed by atoms with van der Waals surface area (Å²) in [6, 6.07) is 3.75. The molecule has 0 saturated heterocycles. The second-order valence-corrected chi connectivity index (χ2v) is 3.54. The number of halogens is 4. The molecule has 0 heterocycles. The minimum atomic E-state index is -4.45. The summed E-state index contributed by atoms with van der Waals surface area (Å²) in [5.74, 6) is -1.16. The maximum Gasteiger partial charge on any atom is 0.422 e. The van der Waals surface area contributed by atoms with Crippen LogP contribution in [0.5, 0.6) is 5.75 Å². The van der Waals surface area contributed by atoms with E-state index in [-0.39, 0.29) is 5.75 Å². The molecule has 17 heavy (non-hydrogen) atoms. The lowest BCUT2D eigenvalue weighted by molar-refractivity contribution is -0.153. The first-order chi connectivity index (χ1) is 7.80. The highest BCUT2D eigenvalue weighted by molar-refractivity contribution is 5.29. The molecular weight excluding hydrogens is 236 g/mol. The average Bonchev–Trinajstić information content (AvgIpc) is 2.19. The highest BCUT2D eigenvalue weighted by Gasteiger charge is 2.28. The molecule has 1 aromatic carbocycles. The summed E-state index contributed by atoms with van der Waals surface area (Å²) in [7, 11) is 0. The van der Waals surface area contributed by atoms with E-state index in [0.717, 1.165) is 6.07 Å². The minimum Gasteiger partial charge on any atom is -0.481 e. The van der Waals surface area contributed by atoms with Crippen molar-refractivity contribution in [2.45, 2.75) is 33.4 Å². The van der Waals surface area contributed by atoms with Gasteiger partial charge in [-0.25, -0.2) is 4.39 Å². The summed E-state index contributed by atoms with van der Waals surface area (Å²) in [5, 5.41) is 0. The average molecular weight is 252 g/mol. The fraction of sp³-hybridized carbons (Fsp3) is 0.500. The number of rotatable bonds is 2. The zero-order chi connectivity index (χ0) is 13.5. The molecule has 0 unspecified atom stereocenters. The third kappa shape index (κ3) is 7.60. The van der Waals surface area contributed by atoms with Gasteiger partial charge in [0.1, 0.15) is 0 Å². The second kappa shape index (κ2) is 7.14. The van der Waals surface area contributed by atoms with E-state index in [0.29, 0.717) is 5.56 Å². The van der Waals surface area contributed by atoms with Gasteiger partial charge in [-0.2, -0.15) is 13.2 Å². The Kier molecular flexibility index (Phi) is 6.61.